The normalized spacial score (nSPS) is 13.5. The number of halogens is 1. The number of nitrogens with zero attached hydrogens (tertiary/aromatic N) is 2. The van der Waals surface area contributed by atoms with Gasteiger partial charge in [0, 0.05) is 6.54 Å². The molecule has 0 fully saturated rings. The minimum atomic E-state index is -0.0511. The largest absolute Gasteiger partial charge is 0.327 e. The second kappa shape index (κ2) is 4.69. The number of hydrogen-bond acceptors (Lipinski definition) is 1. The van der Waals surface area contributed by atoms with Crippen LogP contribution >= 0.6 is 11.6 Å². The van der Waals surface area contributed by atoms with Gasteiger partial charge in [-0.15, -0.1) is 11.6 Å². The van der Waals surface area contributed by atoms with Gasteiger partial charge in [0.2, 0.25) is 0 Å². The maximum Gasteiger partial charge on any atom is 0.127 e. The predicted octanol–water partition coefficient (Wildman–Crippen LogP) is 4.48. The molecule has 1 heterocycles. The number of rotatable bonds is 3. The molecular weight excluding hydrogens is 232 g/mol. The Morgan fingerprint density at radius 3 is 2.53 bits per heavy atom. The first-order valence-electron chi connectivity index (χ1n) is 6.18. The van der Waals surface area contributed by atoms with E-state index in [1.54, 1.807) is 0 Å². The van der Waals surface area contributed by atoms with Crippen LogP contribution in [-0.2, 0) is 6.54 Å². The Balaban J connectivity index is 2.64. The first-order chi connectivity index (χ1) is 8.04. The summed E-state index contributed by atoms with van der Waals surface area (Å²) >= 11 is 6.18. The molecule has 1 atom stereocenters. The van der Waals surface area contributed by atoms with E-state index in [2.05, 4.69) is 48.5 Å². The summed E-state index contributed by atoms with van der Waals surface area (Å²) in [5.41, 5.74) is 3.56. The smallest absolute Gasteiger partial charge is 0.127 e. The van der Waals surface area contributed by atoms with Crippen LogP contribution in [0.1, 0.15) is 50.4 Å². The minimum Gasteiger partial charge on any atom is -0.327 e. The lowest BCUT2D eigenvalue weighted by atomic mass is 10.0. The Morgan fingerprint density at radius 1 is 1.29 bits per heavy atom. The minimum absolute atomic E-state index is 0.0511. The second-order valence-corrected chi connectivity index (χ2v) is 5.39. The molecule has 0 aliphatic rings. The maximum atomic E-state index is 6.18. The van der Waals surface area contributed by atoms with Gasteiger partial charge in [-0.2, -0.15) is 0 Å². The molecule has 0 amide bonds. The van der Waals surface area contributed by atoms with Crippen LogP contribution in [0, 0.1) is 0 Å². The van der Waals surface area contributed by atoms with Gasteiger partial charge < -0.3 is 4.57 Å². The first-order valence-corrected chi connectivity index (χ1v) is 6.62. The molecule has 0 spiro atoms. The molecule has 2 nitrogen and oxygen atoms in total. The molecule has 1 aromatic carbocycles. The third-order valence-electron chi connectivity index (χ3n) is 3.14. The van der Waals surface area contributed by atoms with Crippen molar-refractivity contribution in [3.63, 3.8) is 0 Å². The van der Waals surface area contributed by atoms with Crippen LogP contribution in [0.25, 0.3) is 11.0 Å². The van der Waals surface area contributed by atoms with Crippen molar-refractivity contribution in [1.29, 1.82) is 0 Å². The van der Waals surface area contributed by atoms with Crippen molar-refractivity contribution in [3.05, 3.63) is 29.6 Å². The number of fused-ring (bicyclic) bond motifs is 1. The molecule has 92 valence electrons. The Morgan fingerprint density at radius 2 is 2.00 bits per heavy atom. The number of aromatic nitrogens is 2. The van der Waals surface area contributed by atoms with E-state index in [-0.39, 0.29) is 5.38 Å². The van der Waals surface area contributed by atoms with Gasteiger partial charge in [-0.05, 0) is 37.5 Å². The van der Waals surface area contributed by atoms with Crippen molar-refractivity contribution in [2.24, 2.45) is 0 Å². The fourth-order valence-corrected chi connectivity index (χ4v) is 2.33. The predicted molar refractivity (Wildman–Crippen MR) is 73.8 cm³/mol. The van der Waals surface area contributed by atoms with E-state index in [4.69, 9.17) is 11.6 Å². The topological polar surface area (TPSA) is 17.8 Å². The van der Waals surface area contributed by atoms with E-state index in [0.29, 0.717) is 5.92 Å². The Kier molecular flexibility index (Phi) is 3.43. The molecule has 17 heavy (non-hydrogen) atoms. The summed E-state index contributed by atoms with van der Waals surface area (Å²) in [6, 6.07) is 6.52. The zero-order chi connectivity index (χ0) is 12.6. The fourth-order valence-electron chi connectivity index (χ4n) is 2.16. The average Bonchev–Trinajstić information content (AvgIpc) is 2.66. The van der Waals surface area contributed by atoms with Crippen LogP contribution in [0.5, 0.6) is 0 Å². The van der Waals surface area contributed by atoms with Crippen molar-refractivity contribution in [1.82, 2.24) is 9.55 Å². The molecule has 3 heteroatoms. The molecule has 0 saturated heterocycles. The molecule has 0 radical (unpaired) electrons. The molecular formula is C14H19ClN2. The van der Waals surface area contributed by atoms with E-state index in [1.807, 2.05) is 6.92 Å². The molecule has 0 saturated carbocycles. The fraction of sp³-hybridized carbons (Fsp3) is 0.500. The zero-order valence-electron chi connectivity index (χ0n) is 10.9. The third kappa shape index (κ3) is 2.19. The van der Waals surface area contributed by atoms with E-state index in [1.165, 1.54) is 11.1 Å². The van der Waals surface area contributed by atoms with Crippen molar-refractivity contribution in [3.8, 4) is 0 Å². The molecule has 2 rings (SSSR count). The van der Waals surface area contributed by atoms with Gasteiger partial charge >= 0.3 is 0 Å². The van der Waals surface area contributed by atoms with Gasteiger partial charge in [-0.1, -0.05) is 19.9 Å². The summed E-state index contributed by atoms with van der Waals surface area (Å²) in [5, 5.41) is -0.0511. The number of aryl methyl sites for hydroxylation is 1. The highest BCUT2D eigenvalue weighted by Crippen LogP contribution is 2.26. The highest BCUT2D eigenvalue weighted by molar-refractivity contribution is 6.20. The van der Waals surface area contributed by atoms with Crippen molar-refractivity contribution in [2.45, 2.75) is 45.5 Å². The SMILES string of the molecule is CCn1c(C(C)Cl)nc2cc(C(C)C)ccc21. The van der Waals surface area contributed by atoms with Gasteiger partial charge in [-0.3, -0.25) is 0 Å². The summed E-state index contributed by atoms with van der Waals surface area (Å²) in [4.78, 5) is 4.66. The molecule has 0 N–H and O–H groups in total. The first kappa shape index (κ1) is 12.4. The monoisotopic (exact) mass is 250 g/mol. The van der Waals surface area contributed by atoms with Gasteiger partial charge in [0.25, 0.3) is 0 Å². The van der Waals surface area contributed by atoms with Crippen LogP contribution < -0.4 is 0 Å². The summed E-state index contributed by atoms with van der Waals surface area (Å²) in [6.45, 7) is 9.40. The lowest BCUT2D eigenvalue weighted by Gasteiger charge is -2.07. The molecule has 1 aromatic heterocycles. The van der Waals surface area contributed by atoms with E-state index < -0.39 is 0 Å². The summed E-state index contributed by atoms with van der Waals surface area (Å²) < 4.78 is 2.19. The van der Waals surface area contributed by atoms with E-state index in [0.717, 1.165) is 17.9 Å². The van der Waals surface area contributed by atoms with Crippen LogP contribution in [0.4, 0.5) is 0 Å². The summed E-state index contributed by atoms with van der Waals surface area (Å²) in [5.74, 6) is 1.49. The van der Waals surface area contributed by atoms with Gasteiger partial charge in [-0.25, -0.2) is 4.98 Å². The second-order valence-electron chi connectivity index (χ2n) is 4.73. The molecule has 1 unspecified atom stereocenters. The molecule has 0 aliphatic carbocycles. The van der Waals surface area contributed by atoms with Crippen molar-refractivity contribution in [2.75, 3.05) is 0 Å². The third-order valence-corrected chi connectivity index (χ3v) is 3.34. The van der Waals surface area contributed by atoms with Crippen molar-refractivity contribution >= 4 is 22.6 Å². The Bertz CT molecular complexity index is 526. The Hall–Kier alpha value is -1.02. The lowest BCUT2D eigenvalue weighted by molar-refractivity contribution is 0.717. The van der Waals surface area contributed by atoms with Gasteiger partial charge in [0.05, 0.1) is 16.4 Å². The highest BCUT2D eigenvalue weighted by Gasteiger charge is 2.14. The maximum absolute atomic E-state index is 6.18. The lowest BCUT2D eigenvalue weighted by Crippen LogP contribution is -2.01. The number of hydrogen-bond donors (Lipinski definition) is 0. The standard InChI is InChI=1S/C14H19ClN2/c1-5-17-13-7-6-11(9(2)3)8-12(13)16-14(17)10(4)15/h6-10H,5H2,1-4H3. The van der Waals surface area contributed by atoms with E-state index >= 15 is 0 Å². The molecule has 2 aromatic rings. The van der Waals surface area contributed by atoms with Gasteiger partial charge in [0.1, 0.15) is 5.82 Å². The highest BCUT2D eigenvalue weighted by atomic mass is 35.5. The van der Waals surface area contributed by atoms with Crippen LogP contribution in [0.3, 0.4) is 0 Å². The zero-order valence-corrected chi connectivity index (χ0v) is 11.6. The molecule has 0 bridgehead atoms. The van der Waals surface area contributed by atoms with E-state index in [9.17, 15) is 0 Å². The Labute approximate surface area is 108 Å². The molecule has 0 aliphatic heterocycles. The quantitative estimate of drug-likeness (QED) is 0.735. The van der Waals surface area contributed by atoms with Crippen LogP contribution in [-0.4, -0.2) is 9.55 Å². The van der Waals surface area contributed by atoms with Crippen LogP contribution in [0.2, 0.25) is 0 Å². The number of imidazole rings is 1. The number of benzene rings is 1. The van der Waals surface area contributed by atoms with Gasteiger partial charge in [0.15, 0.2) is 0 Å². The van der Waals surface area contributed by atoms with Crippen LogP contribution in [0.15, 0.2) is 18.2 Å². The summed E-state index contributed by atoms with van der Waals surface area (Å²) in [7, 11) is 0. The van der Waals surface area contributed by atoms with Crippen molar-refractivity contribution < 1.29 is 0 Å². The summed E-state index contributed by atoms with van der Waals surface area (Å²) in [6.07, 6.45) is 0. The number of alkyl halides is 1. The average molecular weight is 251 g/mol.